The molecule has 1 aromatic rings. The Labute approximate surface area is 122 Å². The molecule has 3 atom stereocenters. The summed E-state index contributed by atoms with van der Waals surface area (Å²) in [6.45, 7) is 9.57. The van der Waals surface area contributed by atoms with Crippen molar-refractivity contribution in [3.63, 3.8) is 0 Å². The molecule has 0 bridgehead atoms. The van der Waals surface area contributed by atoms with E-state index in [1.54, 1.807) is 11.3 Å². The molecule has 0 spiro atoms. The van der Waals surface area contributed by atoms with E-state index in [0.717, 1.165) is 20.8 Å². The van der Waals surface area contributed by atoms with E-state index in [1.807, 2.05) is 13.0 Å². The number of aryl methyl sites for hydroxylation is 1. The zero-order valence-corrected chi connectivity index (χ0v) is 13.8. The first-order valence-electron chi connectivity index (χ1n) is 6.47. The van der Waals surface area contributed by atoms with Crippen molar-refractivity contribution < 1.29 is 4.79 Å². The topological polar surface area (TPSA) is 20.3 Å². The summed E-state index contributed by atoms with van der Waals surface area (Å²) in [6.07, 6.45) is 1.22. The Kier molecular flexibility index (Phi) is 4.17. The highest BCUT2D eigenvalue weighted by molar-refractivity contribution is 9.11. The van der Waals surface area contributed by atoms with Crippen molar-refractivity contribution in [2.24, 2.45) is 11.8 Å². The van der Waals surface area contributed by atoms with Gasteiger partial charge in [0.1, 0.15) is 0 Å². The summed E-state index contributed by atoms with van der Waals surface area (Å²) in [7, 11) is 0. The Balaban J connectivity index is 2.22. The molecule has 100 valence electrons. The molecule has 0 N–H and O–H groups in total. The molecule has 2 rings (SSSR count). The van der Waals surface area contributed by atoms with E-state index in [-0.39, 0.29) is 5.91 Å². The van der Waals surface area contributed by atoms with Gasteiger partial charge >= 0.3 is 0 Å². The first kappa shape index (κ1) is 14.1. The normalized spacial score (nSPS) is 28.5. The van der Waals surface area contributed by atoms with Crippen LogP contribution >= 0.6 is 27.3 Å². The lowest BCUT2D eigenvalue weighted by Crippen LogP contribution is -2.48. The average Bonchev–Trinajstić information content (AvgIpc) is 2.63. The zero-order valence-electron chi connectivity index (χ0n) is 11.4. The fourth-order valence-corrected chi connectivity index (χ4v) is 4.18. The second kappa shape index (κ2) is 5.33. The molecule has 1 saturated heterocycles. The van der Waals surface area contributed by atoms with E-state index < -0.39 is 0 Å². The highest BCUT2D eigenvalue weighted by Crippen LogP contribution is 2.32. The maximum atomic E-state index is 12.6. The van der Waals surface area contributed by atoms with Crippen molar-refractivity contribution >= 4 is 33.2 Å². The maximum absolute atomic E-state index is 12.6. The molecule has 4 heteroatoms. The van der Waals surface area contributed by atoms with Gasteiger partial charge in [-0.15, -0.1) is 11.3 Å². The molecule has 0 aliphatic carbocycles. The van der Waals surface area contributed by atoms with E-state index in [0.29, 0.717) is 17.9 Å². The molecule has 18 heavy (non-hydrogen) atoms. The number of carbonyl (C=O) groups excluding carboxylic acids is 1. The van der Waals surface area contributed by atoms with Gasteiger partial charge in [-0.05, 0) is 59.7 Å². The Morgan fingerprint density at radius 1 is 1.44 bits per heavy atom. The van der Waals surface area contributed by atoms with E-state index >= 15 is 0 Å². The molecule has 3 unspecified atom stereocenters. The molecule has 1 aliphatic heterocycles. The summed E-state index contributed by atoms with van der Waals surface area (Å²) in [5.74, 6) is 1.38. The first-order valence-corrected chi connectivity index (χ1v) is 8.08. The van der Waals surface area contributed by atoms with Crippen LogP contribution in [0.15, 0.2) is 9.85 Å². The van der Waals surface area contributed by atoms with Gasteiger partial charge in [0.2, 0.25) is 0 Å². The van der Waals surface area contributed by atoms with Crippen LogP contribution in [0, 0.1) is 18.8 Å². The van der Waals surface area contributed by atoms with Crippen LogP contribution < -0.4 is 0 Å². The van der Waals surface area contributed by atoms with E-state index in [9.17, 15) is 4.79 Å². The van der Waals surface area contributed by atoms with Crippen molar-refractivity contribution in [3.8, 4) is 0 Å². The van der Waals surface area contributed by atoms with E-state index in [2.05, 4.69) is 41.6 Å². The highest BCUT2D eigenvalue weighted by Gasteiger charge is 2.32. The van der Waals surface area contributed by atoms with Gasteiger partial charge in [-0.25, -0.2) is 0 Å². The van der Waals surface area contributed by atoms with Gasteiger partial charge in [0.05, 0.1) is 8.66 Å². The Hall–Kier alpha value is -0.350. The molecule has 1 fully saturated rings. The minimum Gasteiger partial charge on any atom is -0.335 e. The number of carbonyl (C=O) groups is 1. The molecule has 2 heterocycles. The average molecular weight is 330 g/mol. The zero-order chi connectivity index (χ0) is 13.4. The van der Waals surface area contributed by atoms with E-state index in [4.69, 9.17) is 0 Å². The van der Waals surface area contributed by atoms with Gasteiger partial charge in [0.25, 0.3) is 5.91 Å². The SMILES string of the molecule is Cc1cc(C(=O)N2CC(C)CC(C)C2C)sc1Br. The third-order valence-electron chi connectivity index (χ3n) is 3.93. The fourth-order valence-electron chi connectivity index (χ4n) is 2.69. The minimum atomic E-state index is 0.194. The number of hydrogen-bond acceptors (Lipinski definition) is 2. The number of nitrogens with zero attached hydrogens (tertiary/aromatic N) is 1. The monoisotopic (exact) mass is 329 g/mol. The number of halogens is 1. The number of hydrogen-bond donors (Lipinski definition) is 0. The van der Waals surface area contributed by atoms with Crippen molar-refractivity contribution in [1.82, 2.24) is 4.90 Å². The predicted octanol–water partition coefficient (Wildman–Crippen LogP) is 4.33. The summed E-state index contributed by atoms with van der Waals surface area (Å²) >= 11 is 5.04. The molecule has 0 saturated carbocycles. The van der Waals surface area contributed by atoms with Crippen LogP contribution in [0.25, 0.3) is 0 Å². The van der Waals surface area contributed by atoms with Gasteiger partial charge in [0, 0.05) is 12.6 Å². The molecule has 1 aliphatic rings. The summed E-state index contributed by atoms with van der Waals surface area (Å²) < 4.78 is 1.07. The van der Waals surface area contributed by atoms with Crippen LogP contribution in [0.1, 0.15) is 42.4 Å². The number of thiophene rings is 1. The number of likely N-dealkylation sites (tertiary alicyclic amines) is 1. The smallest absolute Gasteiger partial charge is 0.264 e. The summed E-state index contributed by atoms with van der Waals surface area (Å²) in [4.78, 5) is 15.5. The van der Waals surface area contributed by atoms with E-state index in [1.165, 1.54) is 6.42 Å². The van der Waals surface area contributed by atoms with Crippen molar-refractivity contribution in [2.75, 3.05) is 6.54 Å². The van der Waals surface area contributed by atoms with Crippen molar-refractivity contribution in [1.29, 1.82) is 0 Å². The Bertz CT molecular complexity index is 437. The molecule has 0 aromatic carbocycles. The van der Waals surface area contributed by atoms with Crippen LogP contribution in [-0.2, 0) is 0 Å². The van der Waals surface area contributed by atoms with Crippen molar-refractivity contribution in [3.05, 3.63) is 20.3 Å². The lowest BCUT2D eigenvalue weighted by molar-refractivity contribution is 0.0460. The second-order valence-corrected chi connectivity index (χ2v) is 7.95. The second-order valence-electron chi connectivity index (χ2n) is 5.58. The molecular formula is C14H20BrNOS. The molecule has 0 radical (unpaired) electrons. The quantitative estimate of drug-likeness (QED) is 0.751. The maximum Gasteiger partial charge on any atom is 0.264 e. The molecule has 2 nitrogen and oxygen atoms in total. The fraction of sp³-hybridized carbons (Fsp3) is 0.643. The number of rotatable bonds is 1. The molecule has 1 amide bonds. The molecular weight excluding hydrogens is 310 g/mol. The van der Waals surface area contributed by atoms with Crippen LogP contribution in [0.4, 0.5) is 0 Å². The number of piperidine rings is 1. The van der Waals surface area contributed by atoms with Crippen LogP contribution in [-0.4, -0.2) is 23.4 Å². The summed E-state index contributed by atoms with van der Waals surface area (Å²) in [5, 5.41) is 0. The van der Waals surface area contributed by atoms with Gasteiger partial charge in [-0.3, -0.25) is 4.79 Å². The lowest BCUT2D eigenvalue weighted by Gasteiger charge is -2.40. The van der Waals surface area contributed by atoms with Crippen LogP contribution in [0.5, 0.6) is 0 Å². The number of amides is 1. The minimum absolute atomic E-state index is 0.194. The largest absolute Gasteiger partial charge is 0.335 e. The Morgan fingerprint density at radius 3 is 2.67 bits per heavy atom. The summed E-state index contributed by atoms with van der Waals surface area (Å²) in [6, 6.07) is 2.34. The third kappa shape index (κ3) is 2.64. The van der Waals surface area contributed by atoms with Crippen molar-refractivity contribution in [2.45, 2.75) is 40.2 Å². The summed E-state index contributed by atoms with van der Waals surface area (Å²) in [5.41, 5.74) is 1.15. The van der Waals surface area contributed by atoms with Gasteiger partial charge in [-0.1, -0.05) is 13.8 Å². The van der Waals surface area contributed by atoms with Crippen LogP contribution in [0.3, 0.4) is 0 Å². The first-order chi connectivity index (χ1) is 8.40. The Morgan fingerprint density at radius 2 is 2.11 bits per heavy atom. The highest BCUT2D eigenvalue weighted by atomic mass is 79.9. The third-order valence-corrected chi connectivity index (χ3v) is 6.05. The molecule has 1 aromatic heterocycles. The van der Waals surface area contributed by atoms with Gasteiger partial charge in [0.15, 0.2) is 0 Å². The van der Waals surface area contributed by atoms with Crippen LogP contribution in [0.2, 0.25) is 0 Å². The van der Waals surface area contributed by atoms with Gasteiger partial charge in [-0.2, -0.15) is 0 Å². The lowest BCUT2D eigenvalue weighted by atomic mass is 9.86. The van der Waals surface area contributed by atoms with Gasteiger partial charge < -0.3 is 4.90 Å². The predicted molar refractivity (Wildman–Crippen MR) is 80.2 cm³/mol. The standard InChI is InChI=1S/C14H20BrNOS/c1-8-5-9(2)11(4)16(7-8)14(17)12-6-10(3)13(15)18-12/h6,8-9,11H,5,7H2,1-4H3.